The van der Waals surface area contributed by atoms with Gasteiger partial charge in [-0.15, -0.1) is 0 Å². The summed E-state index contributed by atoms with van der Waals surface area (Å²) in [5.41, 5.74) is 1.53. The molecule has 0 spiro atoms. The number of hydrogen-bond donors (Lipinski definition) is 0. The highest BCUT2D eigenvalue weighted by Gasteiger charge is 2.24. The third-order valence-electron chi connectivity index (χ3n) is 5.07. The minimum absolute atomic E-state index is 0.0385. The molecule has 26 heavy (non-hydrogen) atoms. The van der Waals surface area contributed by atoms with Crippen molar-refractivity contribution in [1.29, 1.82) is 0 Å². The molecule has 1 saturated heterocycles. The molecule has 3 aromatic heterocycles. The molecule has 0 radical (unpaired) electrons. The molecular weight excluding hydrogens is 334 g/mol. The van der Waals surface area contributed by atoms with Crippen molar-refractivity contribution in [2.24, 2.45) is 13.0 Å². The Kier molecular flexibility index (Phi) is 4.27. The van der Waals surface area contributed by atoms with Crippen LogP contribution in [0.1, 0.15) is 12.8 Å². The van der Waals surface area contributed by atoms with Crippen molar-refractivity contribution in [3.63, 3.8) is 0 Å². The van der Waals surface area contributed by atoms with Crippen LogP contribution in [0.2, 0.25) is 0 Å². The number of carbonyl (C=O) groups is 1. The number of amides is 1. The molecule has 9 heteroatoms. The number of rotatable bonds is 4. The number of imidazole rings is 1. The SMILES string of the molecule is Cn1c(=O)n(CC2CCN(C(=O)Cn3cncn3)CC2)c2ncccc21. The number of fused-ring (bicyclic) bond motifs is 1. The first-order chi connectivity index (χ1) is 12.6. The van der Waals surface area contributed by atoms with Crippen LogP contribution >= 0.6 is 0 Å². The predicted octanol–water partition coefficient (Wildman–Crippen LogP) is 0.265. The van der Waals surface area contributed by atoms with E-state index in [0.29, 0.717) is 25.6 Å². The van der Waals surface area contributed by atoms with Crippen molar-refractivity contribution in [3.05, 3.63) is 41.5 Å². The maximum absolute atomic E-state index is 12.5. The molecule has 0 bridgehead atoms. The quantitative estimate of drug-likeness (QED) is 0.670. The lowest BCUT2D eigenvalue weighted by atomic mass is 9.96. The Morgan fingerprint density at radius 1 is 1.31 bits per heavy atom. The fraction of sp³-hybridized carbons (Fsp3) is 0.471. The molecule has 4 heterocycles. The van der Waals surface area contributed by atoms with E-state index in [1.54, 1.807) is 28.7 Å². The summed E-state index contributed by atoms with van der Waals surface area (Å²) < 4.78 is 4.93. The molecule has 3 aromatic rings. The molecule has 1 aliphatic rings. The van der Waals surface area contributed by atoms with E-state index < -0.39 is 0 Å². The zero-order valence-electron chi connectivity index (χ0n) is 14.7. The van der Waals surface area contributed by atoms with Gasteiger partial charge < -0.3 is 4.90 Å². The first-order valence-corrected chi connectivity index (χ1v) is 8.74. The molecule has 0 N–H and O–H groups in total. The number of aromatic nitrogens is 6. The van der Waals surface area contributed by atoms with Gasteiger partial charge >= 0.3 is 5.69 Å². The normalized spacial score (nSPS) is 15.7. The summed E-state index contributed by atoms with van der Waals surface area (Å²) in [6, 6.07) is 3.75. The number of likely N-dealkylation sites (tertiary alicyclic amines) is 1. The number of aryl methyl sites for hydroxylation is 1. The number of hydrogen-bond acceptors (Lipinski definition) is 5. The third-order valence-corrected chi connectivity index (χ3v) is 5.07. The van der Waals surface area contributed by atoms with Gasteiger partial charge in [-0.3, -0.25) is 13.9 Å². The van der Waals surface area contributed by atoms with Gasteiger partial charge in [0.25, 0.3) is 0 Å². The van der Waals surface area contributed by atoms with Crippen molar-refractivity contribution in [2.45, 2.75) is 25.9 Å². The zero-order chi connectivity index (χ0) is 18.1. The fourth-order valence-electron chi connectivity index (χ4n) is 3.57. The fourth-order valence-corrected chi connectivity index (χ4v) is 3.57. The Hall–Kier alpha value is -2.97. The van der Waals surface area contributed by atoms with Crippen molar-refractivity contribution in [1.82, 2.24) is 33.8 Å². The second-order valence-corrected chi connectivity index (χ2v) is 6.72. The van der Waals surface area contributed by atoms with Crippen LogP contribution in [-0.2, 0) is 24.9 Å². The maximum atomic E-state index is 12.5. The van der Waals surface area contributed by atoms with Crippen molar-refractivity contribution < 1.29 is 4.79 Å². The highest BCUT2D eigenvalue weighted by molar-refractivity contribution is 5.76. The van der Waals surface area contributed by atoms with E-state index in [4.69, 9.17) is 0 Å². The lowest BCUT2D eigenvalue weighted by molar-refractivity contribution is -0.133. The number of piperidine rings is 1. The molecule has 0 aromatic carbocycles. The summed E-state index contributed by atoms with van der Waals surface area (Å²) in [6.07, 6.45) is 6.43. The molecule has 1 fully saturated rings. The first kappa shape index (κ1) is 16.5. The van der Waals surface area contributed by atoms with Crippen LogP contribution in [-0.4, -0.2) is 52.8 Å². The highest BCUT2D eigenvalue weighted by Crippen LogP contribution is 2.20. The molecule has 136 valence electrons. The Balaban J connectivity index is 1.41. The average Bonchev–Trinajstić information content (AvgIpc) is 3.25. The van der Waals surface area contributed by atoms with Gasteiger partial charge in [0.05, 0.1) is 5.52 Å². The van der Waals surface area contributed by atoms with E-state index in [0.717, 1.165) is 24.0 Å². The van der Waals surface area contributed by atoms with Gasteiger partial charge in [-0.05, 0) is 30.9 Å². The summed E-state index contributed by atoms with van der Waals surface area (Å²) in [4.78, 5) is 34.9. The van der Waals surface area contributed by atoms with Gasteiger partial charge in [-0.2, -0.15) is 5.10 Å². The number of carbonyl (C=O) groups excluding carboxylic acids is 1. The van der Waals surface area contributed by atoms with E-state index in [-0.39, 0.29) is 18.1 Å². The van der Waals surface area contributed by atoms with Crippen LogP contribution in [0.5, 0.6) is 0 Å². The highest BCUT2D eigenvalue weighted by atomic mass is 16.2. The summed E-state index contributed by atoms with van der Waals surface area (Å²) in [7, 11) is 1.77. The van der Waals surface area contributed by atoms with E-state index >= 15 is 0 Å². The first-order valence-electron chi connectivity index (χ1n) is 8.74. The molecular formula is C17H21N7O2. The molecule has 9 nitrogen and oxygen atoms in total. The Bertz CT molecular complexity index is 965. The maximum Gasteiger partial charge on any atom is 0.330 e. The second kappa shape index (κ2) is 6.74. The van der Waals surface area contributed by atoms with Gasteiger partial charge in [0.2, 0.25) is 5.91 Å². The minimum Gasteiger partial charge on any atom is -0.341 e. The number of nitrogens with zero attached hydrogens (tertiary/aromatic N) is 7. The molecule has 4 rings (SSSR count). The molecule has 0 unspecified atom stereocenters. The largest absolute Gasteiger partial charge is 0.341 e. The lowest BCUT2D eigenvalue weighted by Gasteiger charge is -2.32. The zero-order valence-corrected chi connectivity index (χ0v) is 14.7. The summed E-state index contributed by atoms with van der Waals surface area (Å²) in [5, 5.41) is 3.97. The molecule has 0 saturated carbocycles. The van der Waals surface area contributed by atoms with Crippen LogP contribution in [0, 0.1) is 5.92 Å². The van der Waals surface area contributed by atoms with E-state index in [1.807, 2.05) is 17.0 Å². The standard InChI is InChI=1S/C17H21N7O2/c1-21-14-3-2-6-19-16(14)24(17(21)26)9-13-4-7-22(8-5-13)15(25)10-23-12-18-11-20-23/h2-3,6,11-13H,4-5,7-10H2,1H3. The number of pyridine rings is 1. The molecule has 1 amide bonds. The second-order valence-electron chi connectivity index (χ2n) is 6.72. The van der Waals surface area contributed by atoms with Crippen molar-refractivity contribution >= 4 is 17.1 Å². The Morgan fingerprint density at radius 3 is 2.85 bits per heavy atom. The van der Waals surface area contributed by atoms with Crippen LogP contribution in [0.3, 0.4) is 0 Å². The lowest BCUT2D eigenvalue weighted by Crippen LogP contribution is -2.41. The van der Waals surface area contributed by atoms with E-state index in [2.05, 4.69) is 15.1 Å². The van der Waals surface area contributed by atoms with Gasteiger partial charge in [-0.25, -0.2) is 19.4 Å². The summed E-state index contributed by atoms with van der Waals surface area (Å²) in [5.74, 6) is 0.411. The van der Waals surface area contributed by atoms with Gasteiger partial charge in [0.15, 0.2) is 5.65 Å². The van der Waals surface area contributed by atoms with E-state index in [1.165, 1.54) is 11.0 Å². The van der Waals surface area contributed by atoms with Crippen LogP contribution in [0.4, 0.5) is 0 Å². The Labute approximate surface area is 149 Å². The summed E-state index contributed by atoms with van der Waals surface area (Å²) >= 11 is 0. The smallest absolute Gasteiger partial charge is 0.330 e. The van der Waals surface area contributed by atoms with Gasteiger partial charge in [0.1, 0.15) is 19.2 Å². The minimum atomic E-state index is -0.0385. The van der Waals surface area contributed by atoms with Crippen LogP contribution in [0.15, 0.2) is 35.8 Å². The van der Waals surface area contributed by atoms with Crippen LogP contribution in [0.25, 0.3) is 11.2 Å². The van der Waals surface area contributed by atoms with Crippen molar-refractivity contribution in [2.75, 3.05) is 13.1 Å². The predicted molar refractivity (Wildman–Crippen MR) is 94.3 cm³/mol. The van der Waals surface area contributed by atoms with Gasteiger partial charge in [-0.1, -0.05) is 0 Å². The monoisotopic (exact) mass is 355 g/mol. The van der Waals surface area contributed by atoms with Crippen molar-refractivity contribution in [3.8, 4) is 0 Å². The Morgan fingerprint density at radius 2 is 2.12 bits per heavy atom. The van der Waals surface area contributed by atoms with Gasteiger partial charge in [0, 0.05) is 32.9 Å². The van der Waals surface area contributed by atoms with Crippen LogP contribution < -0.4 is 5.69 Å². The average molecular weight is 355 g/mol. The molecule has 0 atom stereocenters. The topological polar surface area (TPSA) is 90.8 Å². The van der Waals surface area contributed by atoms with E-state index in [9.17, 15) is 9.59 Å². The molecule has 1 aliphatic heterocycles. The molecule has 0 aliphatic carbocycles. The third kappa shape index (κ3) is 3.00. The summed E-state index contributed by atoms with van der Waals surface area (Å²) in [6.45, 7) is 2.26.